The van der Waals surface area contributed by atoms with Crippen LogP contribution in [0.5, 0.6) is 0 Å². The Balaban J connectivity index is 1.32. The number of nitrogens with one attached hydrogen (secondary N) is 1. The van der Waals surface area contributed by atoms with Gasteiger partial charge in [-0.2, -0.15) is 0 Å². The Bertz CT molecular complexity index is 965. The van der Waals surface area contributed by atoms with Gasteiger partial charge in [-0.1, -0.05) is 30.3 Å². The lowest BCUT2D eigenvalue weighted by Gasteiger charge is -2.55. The van der Waals surface area contributed by atoms with Crippen molar-refractivity contribution in [2.45, 2.75) is 63.5 Å². The molecule has 2 heterocycles. The minimum atomic E-state index is -0.581. The van der Waals surface area contributed by atoms with Gasteiger partial charge in [0.15, 0.2) is 0 Å². The number of likely N-dealkylation sites (N-methyl/N-ethyl adjacent to an activating group) is 1. The van der Waals surface area contributed by atoms with Gasteiger partial charge in [0, 0.05) is 16.5 Å². The van der Waals surface area contributed by atoms with Crippen LogP contribution in [0.2, 0.25) is 0 Å². The molecule has 1 unspecified atom stereocenters. The van der Waals surface area contributed by atoms with Gasteiger partial charge in [0.2, 0.25) is 5.91 Å². The van der Waals surface area contributed by atoms with Crippen LogP contribution in [0.4, 0.5) is 5.00 Å². The normalized spacial score (nSPS) is 34.7. The second kappa shape index (κ2) is 7.96. The maximum absolute atomic E-state index is 13.8. The number of likely N-dealkylation sites (tertiary alicyclic amines) is 1. The molecule has 5 heteroatoms. The molecule has 1 aromatic heterocycles. The number of hydrogen-bond donors (Lipinski definition) is 2. The first kappa shape index (κ1) is 20.9. The molecule has 2 N–H and O–H groups in total. The fraction of sp³-hybridized carbons (Fsp3) is 0.593. The summed E-state index contributed by atoms with van der Waals surface area (Å²) < 4.78 is 0. The molecule has 1 amide bonds. The van der Waals surface area contributed by atoms with Gasteiger partial charge in [-0.05, 0) is 94.3 Å². The van der Waals surface area contributed by atoms with Crippen LogP contribution >= 0.6 is 11.3 Å². The van der Waals surface area contributed by atoms with Crippen molar-refractivity contribution in [2.24, 2.45) is 23.2 Å². The third-order valence-electron chi connectivity index (χ3n) is 8.83. The SMILES string of the molecule is CN1CCC[C@H]1C(O)c1cc(-c2ccccc2)sc1NC(=O)C12CC3CC(CC(C3)C1)C2. The van der Waals surface area contributed by atoms with Crippen LogP contribution in [0.25, 0.3) is 10.4 Å². The maximum atomic E-state index is 13.8. The van der Waals surface area contributed by atoms with Gasteiger partial charge in [-0.25, -0.2) is 0 Å². The Kier molecular flexibility index (Phi) is 5.20. The van der Waals surface area contributed by atoms with E-state index in [4.69, 9.17) is 0 Å². The molecule has 4 aliphatic carbocycles. The topological polar surface area (TPSA) is 52.6 Å². The molecular weight excluding hydrogens is 416 g/mol. The van der Waals surface area contributed by atoms with Crippen molar-refractivity contribution in [1.82, 2.24) is 4.90 Å². The average molecular weight is 451 g/mol. The molecule has 1 aromatic carbocycles. The largest absolute Gasteiger partial charge is 0.387 e. The number of aliphatic hydroxyl groups excluding tert-OH is 1. The number of carbonyl (C=O) groups is 1. The standard InChI is InChI=1S/C27H34N2O2S/c1-29-9-5-8-22(29)24(30)21-13-23(20-6-3-2-4-7-20)32-25(21)28-26(31)27-14-17-10-18(15-27)12-19(11-17)16-27/h2-4,6-7,13,17-19,22,24,30H,5,8-12,14-16H2,1H3,(H,28,31)/t17?,18?,19?,22-,24?,27?/m0/s1. The number of benzene rings is 1. The second-order valence-electron chi connectivity index (χ2n) is 11.0. The van der Waals surface area contributed by atoms with E-state index in [1.165, 1.54) is 19.3 Å². The van der Waals surface area contributed by atoms with E-state index in [1.807, 2.05) is 18.2 Å². The first-order valence-corrected chi connectivity index (χ1v) is 13.2. The molecule has 2 atom stereocenters. The molecule has 5 fully saturated rings. The fourth-order valence-corrected chi connectivity index (χ4v) is 8.73. The Morgan fingerprint density at radius 1 is 1.12 bits per heavy atom. The van der Waals surface area contributed by atoms with E-state index < -0.39 is 6.10 Å². The van der Waals surface area contributed by atoms with Crippen LogP contribution in [-0.2, 0) is 4.79 Å². The zero-order valence-corrected chi connectivity index (χ0v) is 19.7. The fourth-order valence-electron chi connectivity index (χ4n) is 7.63. The highest BCUT2D eigenvalue weighted by atomic mass is 32.1. The summed E-state index contributed by atoms with van der Waals surface area (Å²) in [7, 11) is 2.10. The number of amides is 1. The molecule has 1 saturated heterocycles. The quantitative estimate of drug-likeness (QED) is 0.615. The number of rotatable bonds is 5. The van der Waals surface area contributed by atoms with Gasteiger partial charge in [0.25, 0.3) is 0 Å². The number of nitrogens with zero attached hydrogens (tertiary/aromatic N) is 1. The molecule has 5 aliphatic rings. The Hall–Kier alpha value is -1.69. The van der Waals surface area contributed by atoms with E-state index in [1.54, 1.807) is 11.3 Å². The molecule has 32 heavy (non-hydrogen) atoms. The predicted molar refractivity (Wildman–Crippen MR) is 130 cm³/mol. The zero-order chi connectivity index (χ0) is 21.9. The number of hydrogen-bond acceptors (Lipinski definition) is 4. The van der Waals surface area contributed by atoms with Crippen LogP contribution < -0.4 is 5.32 Å². The van der Waals surface area contributed by atoms with Crippen LogP contribution in [0.15, 0.2) is 36.4 Å². The predicted octanol–water partition coefficient (Wildman–Crippen LogP) is 5.70. The molecular formula is C27H34N2O2S. The molecule has 170 valence electrons. The molecule has 0 radical (unpaired) electrons. The van der Waals surface area contributed by atoms with E-state index in [0.717, 1.165) is 77.4 Å². The summed E-state index contributed by atoms with van der Waals surface area (Å²) in [6.45, 7) is 1.02. The number of thiophene rings is 1. The average Bonchev–Trinajstić information content (AvgIpc) is 3.39. The van der Waals surface area contributed by atoms with Crippen LogP contribution in [0, 0.1) is 23.2 Å². The Morgan fingerprint density at radius 2 is 1.78 bits per heavy atom. The molecule has 4 bridgehead atoms. The molecule has 2 aromatic rings. The van der Waals surface area contributed by atoms with Crippen molar-refractivity contribution in [3.05, 3.63) is 42.0 Å². The van der Waals surface area contributed by atoms with E-state index in [2.05, 4.69) is 35.5 Å². The highest BCUT2D eigenvalue weighted by Gasteiger charge is 2.54. The minimum absolute atomic E-state index is 0.114. The summed E-state index contributed by atoms with van der Waals surface area (Å²) >= 11 is 1.62. The Morgan fingerprint density at radius 3 is 2.38 bits per heavy atom. The van der Waals surface area contributed by atoms with Gasteiger partial charge < -0.3 is 15.3 Å². The van der Waals surface area contributed by atoms with Crippen molar-refractivity contribution in [2.75, 3.05) is 18.9 Å². The van der Waals surface area contributed by atoms with E-state index >= 15 is 0 Å². The lowest BCUT2D eigenvalue weighted by atomic mass is 9.49. The number of anilines is 1. The maximum Gasteiger partial charge on any atom is 0.231 e. The minimum Gasteiger partial charge on any atom is -0.387 e. The lowest BCUT2D eigenvalue weighted by Crippen LogP contribution is -2.51. The first-order chi connectivity index (χ1) is 15.5. The molecule has 7 rings (SSSR count). The van der Waals surface area contributed by atoms with Crippen LogP contribution in [0.1, 0.15) is 63.0 Å². The van der Waals surface area contributed by atoms with E-state index in [-0.39, 0.29) is 17.4 Å². The summed E-state index contributed by atoms with van der Waals surface area (Å²) in [5.74, 6) is 2.44. The summed E-state index contributed by atoms with van der Waals surface area (Å²) in [5, 5.41) is 15.6. The summed E-state index contributed by atoms with van der Waals surface area (Å²) in [6, 6.07) is 12.6. The van der Waals surface area contributed by atoms with Crippen molar-refractivity contribution in [3.63, 3.8) is 0 Å². The van der Waals surface area contributed by atoms with Gasteiger partial charge in [0.1, 0.15) is 5.00 Å². The van der Waals surface area contributed by atoms with Gasteiger partial charge >= 0.3 is 0 Å². The molecule has 4 nitrogen and oxygen atoms in total. The van der Waals surface area contributed by atoms with E-state index in [0.29, 0.717) is 0 Å². The molecule has 4 saturated carbocycles. The lowest BCUT2D eigenvalue weighted by molar-refractivity contribution is -0.140. The summed E-state index contributed by atoms with van der Waals surface area (Å²) in [4.78, 5) is 17.1. The van der Waals surface area contributed by atoms with Gasteiger partial charge in [0.05, 0.1) is 11.5 Å². The van der Waals surface area contributed by atoms with Crippen LogP contribution in [-0.4, -0.2) is 35.5 Å². The zero-order valence-electron chi connectivity index (χ0n) is 18.9. The van der Waals surface area contributed by atoms with Crippen molar-refractivity contribution in [1.29, 1.82) is 0 Å². The van der Waals surface area contributed by atoms with Crippen LogP contribution in [0.3, 0.4) is 0 Å². The van der Waals surface area contributed by atoms with E-state index in [9.17, 15) is 9.90 Å². The van der Waals surface area contributed by atoms with Crippen molar-refractivity contribution in [3.8, 4) is 10.4 Å². The smallest absolute Gasteiger partial charge is 0.231 e. The summed E-state index contributed by atoms with van der Waals surface area (Å²) in [5.41, 5.74) is 1.85. The number of aliphatic hydroxyl groups is 1. The molecule has 1 aliphatic heterocycles. The molecule has 0 spiro atoms. The first-order valence-electron chi connectivity index (χ1n) is 12.4. The number of carbonyl (C=O) groups excluding carboxylic acids is 1. The van der Waals surface area contributed by atoms with Crippen molar-refractivity contribution < 1.29 is 9.90 Å². The highest BCUT2D eigenvalue weighted by Crippen LogP contribution is 2.60. The summed E-state index contributed by atoms with van der Waals surface area (Å²) in [6.07, 6.45) is 8.72. The van der Waals surface area contributed by atoms with Gasteiger partial charge in [-0.15, -0.1) is 11.3 Å². The Labute approximate surface area is 195 Å². The third-order valence-corrected chi connectivity index (χ3v) is 9.94. The highest BCUT2D eigenvalue weighted by molar-refractivity contribution is 7.19. The van der Waals surface area contributed by atoms with Gasteiger partial charge in [-0.3, -0.25) is 4.79 Å². The monoisotopic (exact) mass is 450 g/mol. The third kappa shape index (κ3) is 3.53. The van der Waals surface area contributed by atoms with Crippen molar-refractivity contribution >= 4 is 22.2 Å². The second-order valence-corrected chi connectivity index (χ2v) is 12.1.